The highest BCUT2D eigenvalue weighted by molar-refractivity contribution is 7.14. The fraction of sp³-hybridized carbons (Fsp3) is 0.692. The molecule has 3 heteroatoms. The lowest BCUT2D eigenvalue weighted by Gasteiger charge is -2.22. The number of aliphatic hydroxyl groups excluding tert-OH is 1. The summed E-state index contributed by atoms with van der Waals surface area (Å²) in [4.78, 5) is 0. The lowest BCUT2D eigenvalue weighted by atomic mass is 9.85. The smallest absolute Gasteiger partial charge is 0.0917 e. The molecule has 1 saturated carbocycles. The van der Waals surface area contributed by atoms with Crippen LogP contribution in [0.4, 0.5) is 5.00 Å². The van der Waals surface area contributed by atoms with Crippen LogP contribution in [0.1, 0.15) is 50.0 Å². The van der Waals surface area contributed by atoms with E-state index in [0.717, 1.165) is 18.9 Å². The molecule has 0 bridgehead atoms. The van der Waals surface area contributed by atoms with Gasteiger partial charge >= 0.3 is 0 Å². The predicted octanol–water partition coefficient (Wildman–Crippen LogP) is 3.59. The SMILES string of the molecule is OCCCNc1sccc1C1CCCCC1. The standard InChI is InChI=1S/C13H21NOS/c15-9-4-8-14-13-12(7-10-16-13)11-5-2-1-3-6-11/h7,10-11,14-15H,1-6,8-9H2. The van der Waals surface area contributed by atoms with Gasteiger partial charge in [-0.05, 0) is 42.2 Å². The molecule has 0 spiro atoms. The van der Waals surface area contributed by atoms with Crippen molar-refractivity contribution in [1.82, 2.24) is 0 Å². The number of nitrogens with one attached hydrogen (secondary N) is 1. The predicted molar refractivity (Wildman–Crippen MR) is 70.3 cm³/mol. The minimum Gasteiger partial charge on any atom is -0.396 e. The maximum Gasteiger partial charge on any atom is 0.0917 e. The van der Waals surface area contributed by atoms with E-state index < -0.39 is 0 Å². The lowest BCUT2D eigenvalue weighted by molar-refractivity contribution is 0.292. The van der Waals surface area contributed by atoms with Gasteiger partial charge in [-0.25, -0.2) is 0 Å². The Kier molecular flexibility index (Phi) is 4.67. The topological polar surface area (TPSA) is 32.3 Å². The van der Waals surface area contributed by atoms with Crippen LogP contribution in [-0.2, 0) is 0 Å². The van der Waals surface area contributed by atoms with Gasteiger partial charge in [-0.15, -0.1) is 11.3 Å². The zero-order valence-corrected chi connectivity index (χ0v) is 10.6. The van der Waals surface area contributed by atoms with Crippen molar-refractivity contribution >= 4 is 16.3 Å². The molecular weight excluding hydrogens is 218 g/mol. The highest BCUT2D eigenvalue weighted by atomic mass is 32.1. The Morgan fingerprint density at radius 2 is 2.12 bits per heavy atom. The third-order valence-electron chi connectivity index (χ3n) is 3.36. The second-order valence-corrected chi connectivity index (χ2v) is 5.46. The maximum atomic E-state index is 8.78. The molecule has 0 radical (unpaired) electrons. The fourth-order valence-electron chi connectivity index (χ4n) is 2.48. The monoisotopic (exact) mass is 239 g/mol. The van der Waals surface area contributed by atoms with E-state index in [0.29, 0.717) is 0 Å². The molecule has 1 heterocycles. The van der Waals surface area contributed by atoms with E-state index in [1.165, 1.54) is 42.7 Å². The van der Waals surface area contributed by atoms with E-state index in [1.807, 2.05) is 0 Å². The molecule has 0 amide bonds. The molecule has 1 fully saturated rings. The second kappa shape index (κ2) is 6.26. The number of rotatable bonds is 5. The van der Waals surface area contributed by atoms with Gasteiger partial charge in [0.1, 0.15) is 0 Å². The Morgan fingerprint density at radius 3 is 2.88 bits per heavy atom. The van der Waals surface area contributed by atoms with Gasteiger partial charge in [0, 0.05) is 13.2 Å². The third-order valence-corrected chi connectivity index (χ3v) is 4.25. The largest absolute Gasteiger partial charge is 0.396 e. The van der Waals surface area contributed by atoms with Crippen LogP contribution in [0, 0.1) is 0 Å². The summed E-state index contributed by atoms with van der Waals surface area (Å²) in [6.07, 6.45) is 7.72. The molecule has 1 aliphatic carbocycles. The van der Waals surface area contributed by atoms with E-state index in [-0.39, 0.29) is 6.61 Å². The van der Waals surface area contributed by atoms with E-state index in [1.54, 1.807) is 11.3 Å². The van der Waals surface area contributed by atoms with Crippen LogP contribution in [0.25, 0.3) is 0 Å². The first-order valence-electron chi connectivity index (χ1n) is 6.34. The van der Waals surface area contributed by atoms with Gasteiger partial charge in [-0.2, -0.15) is 0 Å². The lowest BCUT2D eigenvalue weighted by Crippen LogP contribution is -2.08. The second-order valence-electron chi connectivity index (χ2n) is 4.54. The number of aliphatic hydroxyl groups is 1. The molecule has 0 unspecified atom stereocenters. The fourth-order valence-corrected chi connectivity index (χ4v) is 3.39. The van der Waals surface area contributed by atoms with Gasteiger partial charge in [0.2, 0.25) is 0 Å². The van der Waals surface area contributed by atoms with E-state index >= 15 is 0 Å². The van der Waals surface area contributed by atoms with Crippen LogP contribution in [0.5, 0.6) is 0 Å². The molecular formula is C13H21NOS. The molecule has 0 saturated heterocycles. The third kappa shape index (κ3) is 2.98. The molecule has 1 aliphatic rings. The first-order chi connectivity index (χ1) is 7.92. The van der Waals surface area contributed by atoms with Gasteiger partial charge in [-0.3, -0.25) is 0 Å². The summed E-state index contributed by atoms with van der Waals surface area (Å²) in [6.45, 7) is 1.16. The van der Waals surface area contributed by atoms with Crippen LogP contribution >= 0.6 is 11.3 Å². The van der Waals surface area contributed by atoms with E-state index in [9.17, 15) is 0 Å². The summed E-state index contributed by atoms with van der Waals surface area (Å²) in [5.41, 5.74) is 1.52. The summed E-state index contributed by atoms with van der Waals surface area (Å²) in [5.74, 6) is 0.775. The highest BCUT2D eigenvalue weighted by Gasteiger charge is 2.18. The van der Waals surface area contributed by atoms with Crippen LogP contribution in [-0.4, -0.2) is 18.3 Å². The molecule has 2 nitrogen and oxygen atoms in total. The van der Waals surface area contributed by atoms with Crippen molar-refractivity contribution < 1.29 is 5.11 Å². The van der Waals surface area contributed by atoms with Crippen LogP contribution in [0.2, 0.25) is 0 Å². The summed E-state index contributed by atoms with van der Waals surface area (Å²) in [5, 5.41) is 15.7. The maximum absolute atomic E-state index is 8.78. The summed E-state index contributed by atoms with van der Waals surface area (Å²) in [7, 11) is 0. The van der Waals surface area contributed by atoms with Crippen molar-refractivity contribution in [3.05, 3.63) is 17.0 Å². The number of anilines is 1. The van der Waals surface area contributed by atoms with Crippen molar-refractivity contribution in [1.29, 1.82) is 0 Å². The summed E-state index contributed by atoms with van der Waals surface area (Å²) < 4.78 is 0. The van der Waals surface area contributed by atoms with Crippen LogP contribution in [0.15, 0.2) is 11.4 Å². The zero-order chi connectivity index (χ0) is 11.2. The van der Waals surface area contributed by atoms with Gasteiger partial charge in [-0.1, -0.05) is 19.3 Å². The van der Waals surface area contributed by atoms with Crippen LogP contribution < -0.4 is 5.32 Å². The molecule has 0 aliphatic heterocycles. The molecule has 90 valence electrons. The van der Waals surface area contributed by atoms with E-state index in [4.69, 9.17) is 5.11 Å². The Bertz CT molecular complexity index is 305. The molecule has 16 heavy (non-hydrogen) atoms. The molecule has 2 rings (SSSR count). The number of thiophene rings is 1. The minimum absolute atomic E-state index is 0.275. The summed E-state index contributed by atoms with van der Waals surface area (Å²) in [6, 6.07) is 2.28. The van der Waals surface area contributed by atoms with Crippen LogP contribution in [0.3, 0.4) is 0 Å². The van der Waals surface area contributed by atoms with Gasteiger partial charge in [0.05, 0.1) is 5.00 Å². The van der Waals surface area contributed by atoms with Gasteiger partial charge < -0.3 is 10.4 Å². The van der Waals surface area contributed by atoms with Crippen molar-refractivity contribution in [3.63, 3.8) is 0 Å². The average Bonchev–Trinajstić information content (AvgIpc) is 2.79. The Labute approximate surface area is 102 Å². The quantitative estimate of drug-likeness (QED) is 0.770. The van der Waals surface area contributed by atoms with E-state index in [2.05, 4.69) is 16.8 Å². The molecule has 1 aromatic heterocycles. The Morgan fingerprint density at radius 1 is 1.31 bits per heavy atom. The molecule has 0 aromatic carbocycles. The van der Waals surface area contributed by atoms with Crippen molar-refractivity contribution in [2.24, 2.45) is 0 Å². The van der Waals surface area contributed by atoms with Crippen molar-refractivity contribution in [3.8, 4) is 0 Å². The Hall–Kier alpha value is -0.540. The van der Waals surface area contributed by atoms with Crippen molar-refractivity contribution in [2.75, 3.05) is 18.5 Å². The van der Waals surface area contributed by atoms with Crippen molar-refractivity contribution in [2.45, 2.75) is 44.4 Å². The molecule has 1 aromatic rings. The number of hydrogen-bond acceptors (Lipinski definition) is 3. The minimum atomic E-state index is 0.275. The first kappa shape index (κ1) is 11.9. The van der Waals surface area contributed by atoms with Gasteiger partial charge in [0.15, 0.2) is 0 Å². The first-order valence-corrected chi connectivity index (χ1v) is 7.22. The number of hydrogen-bond donors (Lipinski definition) is 2. The molecule has 0 atom stereocenters. The average molecular weight is 239 g/mol. The van der Waals surface area contributed by atoms with Gasteiger partial charge in [0.25, 0.3) is 0 Å². The summed E-state index contributed by atoms with van der Waals surface area (Å²) >= 11 is 1.80. The highest BCUT2D eigenvalue weighted by Crippen LogP contribution is 2.38. The normalized spacial score (nSPS) is 17.6. The Balaban J connectivity index is 1.94. The molecule has 2 N–H and O–H groups in total. The zero-order valence-electron chi connectivity index (χ0n) is 9.74.